The van der Waals surface area contributed by atoms with Crippen LogP contribution < -0.4 is 4.74 Å². The quantitative estimate of drug-likeness (QED) is 0.295. The highest BCUT2D eigenvalue weighted by molar-refractivity contribution is 6.10. The van der Waals surface area contributed by atoms with Crippen LogP contribution in [0.1, 0.15) is 74.7 Å². The maximum atomic E-state index is 14.7. The van der Waals surface area contributed by atoms with Crippen LogP contribution in [0.3, 0.4) is 0 Å². The second kappa shape index (κ2) is 9.32. The molecular weight excluding hydrogens is 550 g/mol. The van der Waals surface area contributed by atoms with Crippen LogP contribution >= 0.6 is 0 Å². The van der Waals surface area contributed by atoms with E-state index in [1.807, 2.05) is 47.4 Å². The van der Waals surface area contributed by atoms with E-state index in [1.165, 1.54) is 0 Å². The Bertz CT molecular complexity index is 1580. The molecule has 1 heterocycles. The van der Waals surface area contributed by atoms with Crippen molar-refractivity contribution in [3.05, 3.63) is 89.5 Å². The fourth-order valence-corrected chi connectivity index (χ4v) is 11.2. The molecule has 44 heavy (non-hydrogen) atoms. The summed E-state index contributed by atoms with van der Waals surface area (Å²) in [6.45, 7) is 5.90. The first-order chi connectivity index (χ1) is 21.1. The molecule has 8 unspecified atom stereocenters. The molecule has 6 aliphatic carbocycles. The molecule has 7 aliphatic rings. The van der Waals surface area contributed by atoms with Crippen molar-refractivity contribution in [2.75, 3.05) is 13.7 Å². The van der Waals surface area contributed by atoms with Gasteiger partial charge in [0.25, 0.3) is 0 Å². The van der Waals surface area contributed by atoms with E-state index >= 15 is 0 Å². The van der Waals surface area contributed by atoms with E-state index < -0.39 is 11.0 Å². The number of carbonyl (C=O) groups excluding carboxylic acids is 2. The van der Waals surface area contributed by atoms with Crippen LogP contribution in [0.15, 0.2) is 78.4 Å². The van der Waals surface area contributed by atoms with Gasteiger partial charge < -0.3 is 14.6 Å². The third-order valence-corrected chi connectivity index (χ3v) is 13.5. The minimum Gasteiger partial charge on any atom is -0.497 e. The highest BCUT2D eigenvalue weighted by atomic mass is 16.6. The lowest BCUT2D eigenvalue weighted by atomic mass is 9.32. The van der Waals surface area contributed by atoms with Gasteiger partial charge in [-0.3, -0.25) is 9.69 Å². The maximum absolute atomic E-state index is 14.7. The Labute approximate surface area is 260 Å². The zero-order valence-electron chi connectivity index (χ0n) is 26.1. The molecule has 1 N–H and O–H groups in total. The van der Waals surface area contributed by atoms with Crippen molar-refractivity contribution in [1.29, 1.82) is 0 Å². The Morgan fingerprint density at radius 3 is 2.41 bits per heavy atom. The van der Waals surface area contributed by atoms with Crippen LogP contribution in [0.2, 0.25) is 0 Å². The third-order valence-electron chi connectivity index (χ3n) is 13.5. The molecule has 6 nitrogen and oxygen atoms in total. The first kappa shape index (κ1) is 28.1. The van der Waals surface area contributed by atoms with Gasteiger partial charge in [0.05, 0.1) is 19.8 Å². The summed E-state index contributed by atoms with van der Waals surface area (Å²) in [5, 5.41) is 10.9. The summed E-state index contributed by atoms with van der Waals surface area (Å²) in [5.41, 5.74) is 0.952. The summed E-state index contributed by atoms with van der Waals surface area (Å²) in [5.74, 6) is 1.23. The smallest absolute Gasteiger partial charge is 0.410 e. The number of amides is 1. The molecule has 4 fully saturated rings. The van der Waals surface area contributed by atoms with E-state index in [4.69, 9.17) is 9.47 Å². The number of allylic oxidation sites excluding steroid dienone is 4. The number of fused-ring (bicyclic) bond motifs is 2. The number of hydrogen-bond donors (Lipinski definition) is 1. The van der Waals surface area contributed by atoms with E-state index in [-0.39, 0.29) is 46.1 Å². The lowest BCUT2D eigenvalue weighted by Gasteiger charge is -2.71. The van der Waals surface area contributed by atoms with Crippen LogP contribution in [-0.2, 0) is 11.3 Å². The van der Waals surface area contributed by atoms with Crippen molar-refractivity contribution in [2.45, 2.75) is 77.0 Å². The highest BCUT2D eigenvalue weighted by Gasteiger charge is 2.76. The number of aliphatic hydroxyl groups excluding tert-OH is 1. The Morgan fingerprint density at radius 2 is 1.66 bits per heavy atom. The van der Waals surface area contributed by atoms with Crippen molar-refractivity contribution in [2.24, 2.45) is 33.5 Å². The van der Waals surface area contributed by atoms with Gasteiger partial charge in [-0.2, -0.15) is 0 Å². The molecule has 2 bridgehead atoms. The number of benzene rings is 2. The fraction of sp³-hybridized carbons (Fsp3) is 0.526. The Morgan fingerprint density at radius 1 is 0.955 bits per heavy atom. The number of rotatable bonds is 5. The van der Waals surface area contributed by atoms with Gasteiger partial charge in [-0.1, -0.05) is 62.4 Å². The average Bonchev–Trinajstić information content (AvgIpc) is 3.51. The molecule has 3 spiro atoms. The molecule has 2 aromatic carbocycles. The molecule has 9 rings (SSSR count). The Hall–Kier alpha value is -3.38. The van der Waals surface area contributed by atoms with Gasteiger partial charge in [0.15, 0.2) is 5.78 Å². The predicted molar refractivity (Wildman–Crippen MR) is 167 cm³/mol. The van der Waals surface area contributed by atoms with Crippen LogP contribution in [0.4, 0.5) is 4.79 Å². The molecule has 1 aliphatic heterocycles. The minimum atomic E-state index is -0.582. The number of nitrogens with zero attached hydrogens (tertiary/aromatic N) is 1. The van der Waals surface area contributed by atoms with Gasteiger partial charge in [0.2, 0.25) is 0 Å². The number of methoxy groups -OCH3 is 1. The summed E-state index contributed by atoms with van der Waals surface area (Å²) in [6.07, 6.45) is 12.5. The van der Waals surface area contributed by atoms with E-state index in [0.717, 1.165) is 55.4 Å². The van der Waals surface area contributed by atoms with Crippen molar-refractivity contribution in [3.63, 3.8) is 0 Å². The molecule has 1 amide bonds. The second-order valence-corrected chi connectivity index (χ2v) is 15.0. The summed E-state index contributed by atoms with van der Waals surface area (Å²) < 4.78 is 11.9. The minimum absolute atomic E-state index is 0.0482. The molecule has 2 aromatic rings. The standard InChI is InChI=1S/C38H43NO5/c1-34-16-13-27(40)21-36(34)19-20-38(29(22-36)32(41)26-9-11-28(43-3)12-10-26)30(34)14-17-35(2)31(38)15-18-37(35)24-39(33(42)44-37)23-25-7-5-4-6-8-25/h4-12,19-20,22,27,30-31,40H,13-18,21,23-24H2,1-3H3. The number of carbonyl (C=O) groups is 2. The largest absolute Gasteiger partial charge is 0.497 e. The molecule has 1 saturated heterocycles. The van der Waals surface area contributed by atoms with Crippen LogP contribution in [0.5, 0.6) is 5.75 Å². The van der Waals surface area contributed by atoms with Crippen molar-refractivity contribution >= 4 is 11.9 Å². The van der Waals surface area contributed by atoms with E-state index in [2.05, 4.69) is 44.2 Å². The fourth-order valence-electron chi connectivity index (χ4n) is 11.2. The lowest BCUT2D eigenvalue weighted by Crippen LogP contribution is -2.67. The van der Waals surface area contributed by atoms with E-state index in [0.29, 0.717) is 25.1 Å². The first-order valence-electron chi connectivity index (χ1n) is 16.4. The third kappa shape index (κ3) is 3.46. The van der Waals surface area contributed by atoms with Crippen LogP contribution in [0, 0.1) is 33.5 Å². The molecule has 6 heteroatoms. The monoisotopic (exact) mass is 593 g/mol. The summed E-state index contributed by atoms with van der Waals surface area (Å²) in [7, 11) is 1.64. The van der Waals surface area contributed by atoms with Crippen molar-refractivity contribution < 1.29 is 24.2 Å². The molecular formula is C38H43NO5. The van der Waals surface area contributed by atoms with Gasteiger partial charge in [-0.05, 0) is 92.0 Å². The maximum Gasteiger partial charge on any atom is 0.410 e. The molecule has 8 atom stereocenters. The molecule has 230 valence electrons. The zero-order chi connectivity index (χ0) is 30.5. The van der Waals surface area contributed by atoms with Gasteiger partial charge >= 0.3 is 6.09 Å². The number of hydrogen-bond acceptors (Lipinski definition) is 5. The van der Waals surface area contributed by atoms with Crippen molar-refractivity contribution in [3.8, 4) is 5.75 Å². The van der Waals surface area contributed by atoms with Gasteiger partial charge in [-0.25, -0.2) is 4.79 Å². The van der Waals surface area contributed by atoms with Gasteiger partial charge in [0.1, 0.15) is 11.4 Å². The predicted octanol–water partition coefficient (Wildman–Crippen LogP) is 7.13. The molecule has 0 radical (unpaired) electrons. The van der Waals surface area contributed by atoms with Crippen molar-refractivity contribution in [1.82, 2.24) is 4.90 Å². The van der Waals surface area contributed by atoms with Crippen LogP contribution in [-0.4, -0.2) is 47.2 Å². The van der Waals surface area contributed by atoms with Gasteiger partial charge in [0, 0.05) is 33.9 Å². The summed E-state index contributed by atoms with van der Waals surface area (Å²) in [6, 6.07) is 17.6. The second-order valence-electron chi connectivity index (χ2n) is 15.0. The Balaban J connectivity index is 1.22. The summed E-state index contributed by atoms with van der Waals surface area (Å²) in [4.78, 5) is 30.1. The summed E-state index contributed by atoms with van der Waals surface area (Å²) >= 11 is 0. The SMILES string of the molecule is COc1ccc(C(=O)C2=CC34C=CC25C(CCC2(C)C5CCC25CN(Cc2ccccc2)C(=O)O5)C3(C)CCC(O)C4)cc1. The topological polar surface area (TPSA) is 76.1 Å². The zero-order valence-corrected chi connectivity index (χ0v) is 26.1. The number of aliphatic hydroxyl groups is 1. The first-order valence-corrected chi connectivity index (χ1v) is 16.4. The normalized spacial score (nSPS) is 41.5. The lowest BCUT2D eigenvalue weighted by molar-refractivity contribution is -0.164. The number of ketones is 1. The van der Waals surface area contributed by atoms with E-state index in [9.17, 15) is 14.7 Å². The van der Waals surface area contributed by atoms with Crippen LogP contribution in [0.25, 0.3) is 0 Å². The number of ether oxygens (including phenoxy) is 2. The molecule has 3 saturated carbocycles. The van der Waals surface area contributed by atoms with Gasteiger partial charge in [-0.15, -0.1) is 0 Å². The number of Topliss-reactive ketones (excluding diaryl/α,β-unsaturated/α-hetero) is 1. The van der Waals surface area contributed by atoms with E-state index in [1.54, 1.807) is 7.11 Å². The highest BCUT2D eigenvalue weighted by Crippen LogP contribution is 2.79. The molecule has 0 aromatic heterocycles. The Kier molecular flexibility index (Phi) is 5.96. The average molecular weight is 594 g/mol.